The summed E-state index contributed by atoms with van der Waals surface area (Å²) in [6, 6.07) is 4.73. The van der Waals surface area contributed by atoms with Gasteiger partial charge in [-0.05, 0) is 30.5 Å². The number of nitrogens with two attached hydrogens (primary N) is 1. The molecule has 7 nitrogen and oxygen atoms in total. The minimum absolute atomic E-state index is 0.0158. The van der Waals surface area contributed by atoms with Crippen molar-refractivity contribution in [3.8, 4) is 0 Å². The van der Waals surface area contributed by atoms with Crippen LogP contribution in [0.1, 0.15) is 60.9 Å². The summed E-state index contributed by atoms with van der Waals surface area (Å²) in [5.41, 5.74) is 7.84. The van der Waals surface area contributed by atoms with Crippen molar-refractivity contribution >= 4 is 23.4 Å². The Morgan fingerprint density at radius 2 is 2.07 bits per heavy atom. The molecule has 3 amide bonds. The molecule has 2 aliphatic rings. The molecule has 2 aliphatic heterocycles. The number of carbonyl (C=O) groups is 3. The number of primary amides is 1. The van der Waals surface area contributed by atoms with Gasteiger partial charge < -0.3 is 15.4 Å². The summed E-state index contributed by atoms with van der Waals surface area (Å²) in [5, 5.41) is 0. The lowest BCUT2D eigenvalue weighted by Gasteiger charge is -2.44. The van der Waals surface area contributed by atoms with Crippen LogP contribution in [-0.4, -0.2) is 55.5 Å². The fraction of sp³-hybridized carbons (Fsp3) is 0.571. The highest BCUT2D eigenvalue weighted by molar-refractivity contribution is 6.05. The van der Waals surface area contributed by atoms with Crippen LogP contribution in [0.25, 0.3) is 0 Å². The predicted octanol–water partition coefficient (Wildman–Crippen LogP) is 2.04. The van der Waals surface area contributed by atoms with Crippen LogP contribution in [0.2, 0.25) is 0 Å². The van der Waals surface area contributed by atoms with Crippen LogP contribution in [0.4, 0.5) is 5.69 Å². The molecule has 0 saturated carbocycles. The molecule has 0 radical (unpaired) electrons. The minimum Gasteiger partial charge on any atom is -0.383 e. The Balaban J connectivity index is 1.98. The first kappa shape index (κ1) is 20.3. The quantitative estimate of drug-likeness (QED) is 0.691. The summed E-state index contributed by atoms with van der Waals surface area (Å²) in [6.45, 7) is 3.54. The zero-order valence-corrected chi connectivity index (χ0v) is 16.6. The van der Waals surface area contributed by atoms with Gasteiger partial charge in [0.1, 0.15) is 6.04 Å². The summed E-state index contributed by atoms with van der Waals surface area (Å²) in [5.74, 6) is -0.669. The second-order valence-corrected chi connectivity index (χ2v) is 7.55. The van der Waals surface area contributed by atoms with Crippen LogP contribution in [0.5, 0.6) is 0 Å². The molecule has 3 rings (SSSR count). The first-order valence-corrected chi connectivity index (χ1v) is 10.0. The molecule has 0 unspecified atom stereocenters. The minimum atomic E-state index is -0.681. The summed E-state index contributed by atoms with van der Waals surface area (Å²) in [7, 11) is 1.60. The van der Waals surface area contributed by atoms with Gasteiger partial charge in [-0.25, -0.2) is 0 Å². The summed E-state index contributed by atoms with van der Waals surface area (Å²) in [6.07, 6.45) is 3.57. The molecule has 0 spiro atoms. The summed E-state index contributed by atoms with van der Waals surface area (Å²) >= 11 is 0. The van der Waals surface area contributed by atoms with Gasteiger partial charge in [0.2, 0.25) is 11.8 Å². The Hall–Kier alpha value is -2.41. The van der Waals surface area contributed by atoms with Gasteiger partial charge in [-0.3, -0.25) is 19.3 Å². The van der Waals surface area contributed by atoms with E-state index in [0.717, 1.165) is 24.8 Å². The van der Waals surface area contributed by atoms with Crippen molar-refractivity contribution in [2.24, 2.45) is 5.73 Å². The Kier molecular flexibility index (Phi) is 6.34. The molecule has 152 valence electrons. The molecule has 0 aromatic heterocycles. The van der Waals surface area contributed by atoms with Crippen molar-refractivity contribution in [2.75, 3.05) is 31.7 Å². The van der Waals surface area contributed by atoms with Gasteiger partial charge in [-0.1, -0.05) is 25.8 Å². The molecule has 28 heavy (non-hydrogen) atoms. The zero-order valence-electron chi connectivity index (χ0n) is 16.6. The van der Waals surface area contributed by atoms with Crippen LogP contribution in [0.3, 0.4) is 0 Å². The van der Waals surface area contributed by atoms with E-state index in [1.54, 1.807) is 29.0 Å². The molecule has 2 heterocycles. The Bertz CT molecular complexity index is 764. The summed E-state index contributed by atoms with van der Waals surface area (Å²) in [4.78, 5) is 41.4. The Labute approximate surface area is 165 Å². The number of methoxy groups -OCH3 is 1. The van der Waals surface area contributed by atoms with Gasteiger partial charge in [0.15, 0.2) is 0 Å². The second-order valence-electron chi connectivity index (χ2n) is 7.55. The molecule has 0 saturated heterocycles. The van der Waals surface area contributed by atoms with Gasteiger partial charge in [-0.2, -0.15) is 0 Å². The molecular weight excluding hydrogens is 358 g/mol. The van der Waals surface area contributed by atoms with Crippen molar-refractivity contribution in [3.05, 3.63) is 29.3 Å². The van der Waals surface area contributed by atoms with Crippen LogP contribution < -0.4 is 10.6 Å². The van der Waals surface area contributed by atoms with E-state index in [0.29, 0.717) is 43.8 Å². The molecule has 0 fully saturated rings. The highest BCUT2D eigenvalue weighted by Crippen LogP contribution is 2.44. The van der Waals surface area contributed by atoms with Crippen molar-refractivity contribution < 1.29 is 19.1 Å². The number of ether oxygens (including phenoxy) is 1. The third kappa shape index (κ3) is 3.76. The van der Waals surface area contributed by atoms with Crippen LogP contribution >= 0.6 is 0 Å². The van der Waals surface area contributed by atoms with Crippen LogP contribution in [0.15, 0.2) is 18.2 Å². The highest BCUT2D eigenvalue weighted by atomic mass is 16.5. The maximum atomic E-state index is 13.0. The van der Waals surface area contributed by atoms with Crippen molar-refractivity contribution in [2.45, 2.75) is 51.0 Å². The van der Waals surface area contributed by atoms with E-state index < -0.39 is 11.9 Å². The maximum absolute atomic E-state index is 13.0. The molecule has 2 N–H and O–H groups in total. The maximum Gasteiger partial charge on any atom is 0.254 e. The monoisotopic (exact) mass is 387 g/mol. The van der Waals surface area contributed by atoms with Crippen molar-refractivity contribution in [1.29, 1.82) is 0 Å². The standard InChI is InChI=1S/C21H29N3O4/c1-3-4-5-9-18(25)24-16-8-6-7-15-19(16)14(12-17(24)20(22)26)13-23(21(15)27)10-11-28-2/h6-8,14,17H,3-5,9-13H2,1-2H3,(H2,22,26)/t14-,17-/m0/s1. The molecule has 1 aromatic rings. The molecule has 0 bridgehead atoms. The lowest BCUT2D eigenvalue weighted by Crippen LogP contribution is -2.54. The van der Waals surface area contributed by atoms with E-state index in [1.807, 2.05) is 6.07 Å². The average molecular weight is 387 g/mol. The second kappa shape index (κ2) is 8.73. The number of hydrogen-bond donors (Lipinski definition) is 1. The predicted molar refractivity (Wildman–Crippen MR) is 106 cm³/mol. The number of nitrogens with zero attached hydrogens (tertiary/aromatic N) is 2. The average Bonchev–Trinajstić information content (AvgIpc) is 2.69. The van der Waals surface area contributed by atoms with E-state index in [2.05, 4.69) is 6.92 Å². The number of amides is 3. The van der Waals surface area contributed by atoms with Gasteiger partial charge in [0.05, 0.1) is 6.61 Å². The SMILES string of the molecule is CCCCCC(=O)N1c2cccc3c2[C@@H](C[C@H]1C(N)=O)CN(CCOC)C3=O. The van der Waals surface area contributed by atoms with Crippen molar-refractivity contribution in [1.82, 2.24) is 4.90 Å². The fourth-order valence-corrected chi connectivity index (χ4v) is 4.32. The first-order chi connectivity index (χ1) is 13.5. The lowest BCUT2D eigenvalue weighted by atomic mass is 9.79. The van der Waals surface area contributed by atoms with Gasteiger partial charge in [0.25, 0.3) is 5.91 Å². The largest absolute Gasteiger partial charge is 0.383 e. The van der Waals surface area contributed by atoms with E-state index in [-0.39, 0.29) is 17.7 Å². The molecule has 7 heteroatoms. The topological polar surface area (TPSA) is 92.9 Å². The third-order valence-electron chi connectivity index (χ3n) is 5.69. The number of benzene rings is 1. The molecular formula is C21H29N3O4. The number of unbranched alkanes of at least 4 members (excludes halogenated alkanes) is 2. The van der Waals surface area contributed by atoms with E-state index in [4.69, 9.17) is 10.5 Å². The molecule has 1 aromatic carbocycles. The zero-order chi connectivity index (χ0) is 20.3. The van der Waals surface area contributed by atoms with Crippen molar-refractivity contribution in [3.63, 3.8) is 0 Å². The van der Waals surface area contributed by atoms with Gasteiger partial charge in [-0.15, -0.1) is 0 Å². The number of anilines is 1. The van der Waals surface area contributed by atoms with Gasteiger partial charge in [0, 0.05) is 43.8 Å². The van der Waals surface area contributed by atoms with Crippen LogP contribution in [-0.2, 0) is 14.3 Å². The highest BCUT2D eigenvalue weighted by Gasteiger charge is 2.43. The molecule has 2 atom stereocenters. The van der Waals surface area contributed by atoms with Gasteiger partial charge >= 0.3 is 0 Å². The van der Waals surface area contributed by atoms with E-state index >= 15 is 0 Å². The number of carbonyl (C=O) groups excluding carboxylic acids is 3. The first-order valence-electron chi connectivity index (χ1n) is 10.0. The summed E-state index contributed by atoms with van der Waals surface area (Å²) < 4.78 is 5.12. The van der Waals surface area contributed by atoms with E-state index in [1.165, 1.54) is 0 Å². The lowest BCUT2D eigenvalue weighted by molar-refractivity contribution is -0.125. The third-order valence-corrected chi connectivity index (χ3v) is 5.69. The smallest absolute Gasteiger partial charge is 0.254 e. The number of rotatable bonds is 8. The fourth-order valence-electron chi connectivity index (χ4n) is 4.32. The Morgan fingerprint density at radius 1 is 1.29 bits per heavy atom. The molecule has 0 aliphatic carbocycles. The van der Waals surface area contributed by atoms with E-state index in [9.17, 15) is 14.4 Å². The normalized spacial score (nSPS) is 20.9. The van der Waals surface area contributed by atoms with Crippen LogP contribution in [0, 0.1) is 0 Å². The Morgan fingerprint density at radius 3 is 2.75 bits per heavy atom. The number of hydrogen-bond acceptors (Lipinski definition) is 4.